The third kappa shape index (κ3) is 1.66. The van der Waals surface area contributed by atoms with Crippen LogP contribution in [0.25, 0.3) is 0 Å². The lowest BCUT2D eigenvalue weighted by Crippen LogP contribution is -1.88. The Bertz CT molecular complexity index is 224. The molecule has 0 radical (unpaired) electrons. The van der Waals surface area contributed by atoms with Gasteiger partial charge in [-0.05, 0) is 44.0 Å². The van der Waals surface area contributed by atoms with E-state index in [4.69, 9.17) is 5.73 Å². The molecule has 0 atom stereocenters. The average Bonchev–Trinajstić information content (AvgIpc) is 1.80. The van der Waals surface area contributed by atoms with Gasteiger partial charge >= 0.3 is 0 Å². The van der Waals surface area contributed by atoms with Gasteiger partial charge in [-0.2, -0.15) is 0 Å². The van der Waals surface area contributed by atoms with Crippen LogP contribution in [0.15, 0.2) is 21.2 Å². The molecule has 0 aliphatic heterocycles. The fourth-order valence-electron chi connectivity index (χ4n) is 0.431. The highest BCUT2D eigenvalue weighted by atomic mass is 79.9. The van der Waals surface area contributed by atoms with Crippen molar-refractivity contribution in [2.75, 3.05) is 5.73 Å². The summed E-state index contributed by atoms with van der Waals surface area (Å²) in [6, 6.07) is 3.57. The first kappa shape index (κ1) is 7.02. The van der Waals surface area contributed by atoms with Crippen LogP contribution in [0.2, 0.25) is 0 Å². The molecule has 1 heterocycles. The minimum atomic E-state index is 0.519. The number of halogens is 2. The van der Waals surface area contributed by atoms with E-state index >= 15 is 0 Å². The summed E-state index contributed by atoms with van der Waals surface area (Å²) in [4.78, 5) is 3.92. The lowest BCUT2D eigenvalue weighted by molar-refractivity contribution is 1.27. The summed E-state index contributed by atoms with van der Waals surface area (Å²) in [5.74, 6) is 0.519. The first-order valence-electron chi connectivity index (χ1n) is 2.27. The van der Waals surface area contributed by atoms with Gasteiger partial charge in [0.2, 0.25) is 0 Å². The molecule has 2 nitrogen and oxygen atoms in total. The second kappa shape index (κ2) is 2.66. The second-order valence-corrected chi connectivity index (χ2v) is 3.11. The Morgan fingerprint density at radius 1 is 1.33 bits per heavy atom. The molecule has 0 spiro atoms. The largest absolute Gasteiger partial charge is 0.384 e. The lowest BCUT2D eigenvalue weighted by Gasteiger charge is -1.94. The molecule has 4 heteroatoms. The van der Waals surface area contributed by atoms with Crippen molar-refractivity contribution >= 4 is 37.7 Å². The molecule has 0 saturated heterocycles. The number of nitrogen functional groups attached to an aromatic ring is 1. The van der Waals surface area contributed by atoms with Gasteiger partial charge in [0.25, 0.3) is 0 Å². The van der Waals surface area contributed by atoms with Crippen LogP contribution in [-0.2, 0) is 0 Å². The smallest absolute Gasteiger partial charge is 0.124 e. The number of hydrogen-bond donors (Lipinski definition) is 1. The van der Waals surface area contributed by atoms with Crippen molar-refractivity contribution in [3.63, 3.8) is 0 Å². The second-order valence-electron chi connectivity index (χ2n) is 1.51. The summed E-state index contributed by atoms with van der Waals surface area (Å²) in [6.07, 6.45) is 0. The summed E-state index contributed by atoms with van der Waals surface area (Å²) in [5.41, 5.74) is 5.37. The predicted molar refractivity (Wildman–Crippen MR) is 44.0 cm³/mol. The Labute approximate surface area is 69.7 Å². The molecule has 9 heavy (non-hydrogen) atoms. The van der Waals surface area contributed by atoms with Crippen molar-refractivity contribution in [2.24, 2.45) is 0 Å². The van der Waals surface area contributed by atoms with E-state index in [2.05, 4.69) is 36.8 Å². The van der Waals surface area contributed by atoms with E-state index in [1.165, 1.54) is 0 Å². The van der Waals surface area contributed by atoms with Crippen molar-refractivity contribution in [3.05, 3.63) is 21.2 Å². The molecular weight excluding hydrogens is 248 g/mol. The molecule has 48 valence electrons. The van der Waals surface area contributed by atoms with Crippen LogP contribution in [0.4, 0.5) is 5.82 Å². The Morgan fingerprint density at radius 2 is 2.00 bits per heavy atom. The number of pyridine rings is 1. The predicted octanol–water partition coefficient (Wildman–Crippen LogP) is 2.19. The zero-order valence-electron chi connectivity index (χ0n) is 4.44. The van der Waals surface area contributed by atoms with Crippen LogP contribution in [0.1, 0.15) is 0 Å². The minimum Gasteiger partial charge on any atom is -0.384 e. The van der Waals surface area contributed by atoms with E-state index in [9.17, 15) is 0 Å². The van der Waals surface area contributed by atoms with Crippen molar-refractivity contribution < 1.29 is 0 Å². The normalized spacial score (nSPS) is 9.56. The van der Waals surface area contributed by atoms with E-state index in [-0.39, 0.29) is 0 Å². The molecule has 0 aliphatic rings. The molecule has 0 fully saturated rings. The molecule has 0 amide bonds. The molecule has 1 aromatic rings. The molecular formula is C5H4Br2N2. The molecule has 0 aromatic carbocycles. The Balaban J connectivity index is 3.17. The van der Waals surface area contributed by atoms with Crippen LogP contribution < -0.4 is 5.73 Å². The average molecular weight is 252 g/mol. The monoisotopic (exact) mass is 250 g/mol. The third-order valence-electron chi connectivity index (χ3n) is 0.825. The first-order chi connectivity index (χ1) is 4.20. The topological polar surface area (TPSA) is 38.9 Å². The van der Waals surface area contributed by atoms with Gasteiger partial charge in [-0.3, -0.25) is 0 Å². The summed E-state index contributed by atoms with van der Waals surface area (Å²) >= 11 is 6.47. The van der Waals surface area contributed by atoms with E-state index in [1.807, 2.05) is 6.07 Å². The molecule has 1 rings (SSSR count). The highest BCUT2D eigenvalue weighted by Gasteiger charge is 1.94. The van der Waals surface area contributed by atoms with Crippen molar-refractivity contribution in [1.82, 2.24) is 4.98 Å². The van der Waals surface area contributed by atoms with Crippen LogP contribution in [0, 0.1) is 0 Å². The maximum absolute atomic E-state index is 5.37. The van der Waals surface area contributed by atoms with Gasteiger partial charge in [-0.1, -0.05) is 0 Å². The van der Waals surface area contributed by atoms with Crippen molar-refractivity contribution in [3.8, 4) is 0 Å². The maximum atomic E-state index is 5.37. The van der Waals surface area contributed by atoms with Gasteiger partial charge in [0.05, 0.1) is 4.47 Å². The summed E-state index contributed by atoms with van der Waals surface area (Å²) in [5, 5.41) is 0. The van der Waals surface area contributed by atoms with E-state index < -0.39 is 0 Å². The highest BCUT2D eigenvalue weighted by Crippen LogP contribution is 2.20. The SMILES string of the molecule is Nc1ccc(Br)c(Br)n1. The highest BCUT2D eigenvalue weighted by molar-refractivity contribution is 9.13. The van der Waals surface area contributed by atoms with Crippen LogP contribution >= 0.6 is 31.9 Å². The molecule has 0 unspecified atom stereocenters. The fraction of sp³-hybridized carbons (Fsp3) is 0. The van der Waals surface area contributed by atoms with Gasteiger partial charge in [0.15, 0.2) is 0 Å². The van der Waals surface area contributed by atoms with Crippen LogP contribution in [-0.4, -0.2) is 4.98 Å². The Morgan fingerprint density at radius 3 is 2.44 bits per heavy atom. The number of nitrogens with two attached hydrogens (primary N) is 1. The zero-order valence-corrected chi connectivity index (χ0v) is 7.61. The zero-order chi connectivity index (χ0) is 6.85. The Hall–Kier alpha value is -0.0900. The summed E-state index contributed by atoms with van der Waals surface area (Å²) < 4.78 is 1.65. The Kier molecular flexibility index (Phi) is 2.08. The van der Waals surface area contributed by atoms with Crippen molar-refractivity contribution in [1.29, 1.82) is 0 Å². The third-order valence-corrected chi connectivity index (χ3v) is 2.60. The first-order valence-corrected chi connectivity index (χ1v) is 3.86. The van der Waals surface area contributed by atoms with Crippen molar-refractivity contribution in [2.45, 2.75) is 0 Å². The molecule has 0 aliphatic carbocycles. The van der Waals surface area contributed by atoms with Gasteiger partial charge in [-0.15, -0.1) is 0 Å². The number of anilines is 1. The van der Waals surface area contributed by atoms with E-state index in [0.717, 1.165) is 9.08 Å². The minimum absolute atomic E-state index is 0.519. The van der Waals surface area contributed by atoms with Crippen LogP contribution in [0.3, 0.4) is 0 Å². The number of hydrogen-bond acceptors (Lipinski definition) is 2. The molecule has 1 aromatic heterocycles. The lowest BCUT2D eigenvalue weighted by atomic mass is 10.5. The summed E-state index contributed by atoms with van der Waals surface area (Å²) in [7, 11) is 0. The quantitative estimate of drug-likeness (QED) is 0.718. The van der Waals surface area contributed by atoms with Crippen LogP contribution in [0.5, 0.6) is 0 Å². The van der Waals surface area contributed by atoms with Gasteiger partial charge < -0.3 is 5.73 Å². The number of aromatic nitrogens is 1. The number of nitrogens with zero attached hydrogens (tertiary/aromatic N) is 1. The number of rotatable bonds is 0. The van der Waals surface area contributed by atoms with Gasteiger partial charge in [-0.25, -0.2) is 4.98 Å². The molecule has 2 N–H and O–H groups in total. The maximum Gasteiger partial charge on any atom is 0.124 e. The molecule has 0 saturated carbocycles. The standard InChI is InChI=1S/C5H4Br2N2/c6-3-1-2-4(8)9-5(3)7/h1-2H,(H2,8,9). The van der Waals surface area contributed by atoms with Gasteiger partial charge in [0, 0.05) is 0 Å². The van der Waals surface area contributed by atoms with E-state index in [1.54, 1.807) is 6.07 Å². The molecule has 0 bridgehead atoms. The van der Waals surface area contributed by atoms with E-state index in [0.29, 0.717) is 5.82 Å². The fourth-order valence-corrected chi connectivity index (χ4v) is 0.989. The van der Waals surface area contributed by atoms with Gasteiger partial charge in [0.1, 0.15) is 10.4 Å². The summed E-state index contributed by atoms with van der Waals surface area (Å²) in [6.45, 7) is 0.